The molecule has 0 saturated heterocycles. The molecule has 0 amide bonds. The summed E-state index contributed by atoms with van der Waals surface area (Å²) in [7, 11) is 0. The van der Waals surface area contributed by atoms with E-state index in [2.05, 4.69) is 4.99 Å². The molecule has 0 spiro atoms. The summed E-state index contributed by atoms with van der Waals surface area (Å²) in [6, 6.07) is 3.62. The van der Waals surface area contributed by atoms with Gasteiger partial charge in [-0.1, -0.05) is 0 Å². The fourth-order valence-corrected chi connectivity index (χ4v) is 0.914. The Morgan fingerprint density at radius 1 is 1.47 bits per heavy atom. The van der Waals surface area contributed by atoms with Gasteiger partial charge in [0.15, 0.2) is 0 Å². The van der Waals surface area contributed by atoms with Gasteiger partial charge < -0.3 is 10.2 Å². The maximum absolute atomic E-state index is 12.8. The second kappa shape index (κ2) is 4.40. The lowest BCUT2D eigenvalue weighted by Crippen LogP contribution is -2.21. The maximum atomic E-state index is 12.8. The number of halogens is 1. The van der Waals surface area contributed by atoms with Crippen LogP contribution in [0.3, 0.4) is 0 Å². The van der Waals surface area contributed by atoms with Crippen molar-refractivity contribution in [2.45, 2.75) is 19.4 Å². The number of aliphatic hydroxyl groups is 1. The molecule has 1 aromatic rings. The third-order valence-electron chi connectivity index (χ3n) is 1.93. The van der Waals surface area contributed by atoms with Gasteiger partial charge in [-0.15, -0.1) is 0 Å². The molecule has 0 aliphatic carbocycles. The summed E-state index contributed by atoms with van der Waals surface area (Å²) in [5.74, 6) is -0.468. The van der Waals surface area contributed by atoms with Gasteiger partial charge in [-0.25, -0.2) is 4.39 Å². The lowest BCUT2D eigenvalue weighted by molar-refractivity contribution is 0.223. The Morgan fingerprint density at radius 3 is 2.73 bits per heavy atom. The molecule has 0 heterocycles. The van der Waals surface area contributed by atoms with Crippen LogP contribution in [0.25, 0.3) is 0 Å². The number of aromatic hydroxyl groups is 1. The minimum Gasteiger partial charge on any atom is -0.507 e. The first-order valence-electron chi connectivity index (χ1n) is 4.59. The number of aliphatic imine (C=N–C) groups is 1. The zero-order valence-corrected chi connectivity index (χ0v) is 8.74. The van der Waals surface area contributed by atoms with E-state index in [1.54, 1.807) is 13.8 Å². The quantitative estimate of drug-likeness (QED) is 0.748. The molecule has 1 aromatic carbocycles. The highest BCUT2D eigenvalue weighted by Crippen LogP contribution is 2.17. The van der Waals surface area contributed by atoms with E-state index in [9.17, 15) is 9.50 Å². The predicted octanol–water partition coefficient (Wildman–Crippen LogP) is 1.72. The molecule has 0 unspecified atom stereocenters. The van der Waals surface area contributed by atoms with E-state index in [1.807, 2.05) is 0 Å². The number of rotatable bonds is 3. The topological polar surface area (TPSA) is 52.8 Å². The van der Waals surface area contributed by atoms with Crippen molar-refractivity contribution in [2.75, 3.05) is 6.61 Å². The number of hydrogen-bond donors (Lipinski definition) is 2. The Balaban J connectivity index is 2.94. The summed E-state index contributed by atoms with van der Waals surface area (Å²) >= 11 is 0. The standard InChI is InChI=1S/C11H14FNO2/c1-11(2,7-14)13-6-8-5-9(12)3-4-10(8)15/h3-6,14-15H,7H2,1-2H3/b13-6+. The van der Waals surface area contributed by atoms with Crippen LogP contribution in [0.5, 0.6) is 5.75 Å². The molecule has 15 heavy (non-hydrogen) atoms. The van der Waals surface area contributed by atoms with Gasteiger partial charge in [0.25, 0.3) is 0 Å². The van der Waals surface area contributed by atoms with Crippen molar-refractivity contribution in [1.29, 1.82) is 0 Å². The van der Waals surface area contributed by atoms with Gasteiger partial charge >= 0.3 is 0 Å². The van der Waals surface area contributed by atoms with Crippen molar-refractivity contribution >= 4 is 6.21 Å². The zero-order chi connectivity index (χ0) is 11.5. The van der Waals surface area contributed by atoms with Crippen molar-refractivity contribution in [3.05, 3.63) is 29.6 Å². The molecule has 0 aromatic heterocycles. The normalized spacial score (nSPS) is 12.3. The van der Waals surface area contributed by atoms with Crippen LogP contribution < -0.4 is 0 Å². The molecular weight excluding hydrogens is 197 g/mol. The molecule has 82 valence electrons. The molecule has 0 fully saturated rings. The lowest BCUT2D eigenvalue weighted by atomic mass is 10.1. The molecule has 0 atom stereocenters. The number of nitrogens with zero attached hydrogens (tertiary/aromatic N) is 1. The van der Waals surface area contributed by atoms with Crippen LogP contribution in [0, 0.1) is 5.82 Å². The first-order valence-corrected chi connectivity index (χ1v) is 4.59. The highest BCUT2D eigenvalue weighted by molar-refractivity contribution is 5.83. The van der Waals surface area contributed by atoms with Crippen molar-refractivity contribution in [1.82, 2.24) is 0 Å². The molecule has 0 saturated carbocycles. The van der Waals surface area contributed by atoms with E-state index in [0.29, 0.717) is 5.56 Å². The van der Waals surface area contributed by atoms with Crippen LogP contribution in [-0.2, 0) is 0 Å². The Labute approximate surface area is 87.9 Å². The van der Waals surface area contributed by atoms with Crippen LogP contribution in [0.4, 0.5) is 4.39 Å². The Morgan fingerprint density at radius 2 is 2.13 bits per heavy atom. The third kappa shape index (κ3) is 3.32. The predicted molar refractivity (Wildman–Crippen MR) is 56.8 cm³/mol. The number of phenolic OH excluding ortho intramolecular Hbond substituents is 1. The van der Waals surface area contributed by atoms with E-state index < -0.39 is 11.4 Å². The first kappa shape index (κ1) is 11.7. The van der Waals surface area contributed by atoms with Crippen LogP contribution in [0.15, 0.2) is 23.2 Å². The van der Waals surface area contributed by atoms with E-state index >= 15 is 0 Å². The van der Waals surface area contributed by atoms with Crippen molar-refractivity contribution in [3.8, 4) is 5.75 Å². The summed E-state index contributed by atoms with van der Waals surface area (Å²) < 4.78 is 12.8. The molecule has 0 aliphatic rings. The van der Waals surface area contributed by atoms with Gasteiger partial charge in [0.2, 0.25) is 0 Å². The largest absolute Gasteiger partial charge is 0.507 e. The van der Waals surface area contributed by atoms with Gasteiger partial charge in [-0.3, -0.25) is 4.99 Å². The molecule has 3 nitrogen and oxygen atoms in total. The average molecular weight is 211 g/mol. The number of phenols is 1. The van der Waals surface area contributed by atoms with Gasteiger partial charge in [-0.2, -0.15) is 0 Å². The second-order valence-corrected chi connectivity index (χ2v) is 3.93. The lowest BCUT2D eigenvalue weighted by Gasteiger charge is -2.15. The molecule has 2 N–H and O–H groups in total. The Hall–Kier alpha value is -1.42. The molecular formula is C11H14FNO2. The molecule has 0 radical (unpaired) electrons. The Kier molecular flexibility index (Phi) is 3.42. The van der Waals surface area contributed by atoms with Crippen LogP contribution in [-0.4, -0.2) is 28.6 Å². The van der Waals surface area contributed by atoms with Crippen LogP contribution >= 0.6 is 0 Å². The number of aliphatic hydroxyl groups excluding tert-OH is 1. The fourth-order valence-electron chi connectivity index (χ4n) is 0.914. The molecule has 4 heteroatoms. The van der Waals surface area contributed by atoms with Gasteiger partial charge in [0.1, 0.15) is 11.6 Å². The van der Waals surface area contributed by atoms with Crippen molar-refractivity contribution in [2.24, 2.45) is 4.99 Å². The van der Waals surface area contributed by atoms with E-state index in [0.717, 1.165) is 0 Å². The highest BCUT2D eigenvalue weighted by atomic mass is 19.1. The highest BCUT2D eigenvalue weighted by Gasteiger charge is 2.13. The van der Waals surface area contributed by atoms with Gasteiger partial charge in [0.05, 0.1) is 12.1 Å². The monoisotopic (exact) mass is 211 g/mol. The summed E-state index contributed by atoms with van der Waals surface area (Å²) in [5, 5.41) is 18.3. The van der Waals surface area contributed by atoms with E-state index in [4.69, 9.17) is 5.11 Å². The third-order valence-corrected chi connectivity index (χ3v) is 1.93. The fraction of sp³-hybridized carbons (Fsp3) is 0.364. The zero-order valence-electron chi connectivity index (χ0n) is 8.74. The number of benzene rings is 1. The first-order chi connectivity index (χ1) is 6.94. The van der Waals surface area contributed by atoms with Gasteiger partial charge in [-0.05, 0) is 32.0 Å². The summed E-state index contributed by atoms with van der Waals surface area (Å²) in [4.78, 5) is 4.05. The summed E-state index contributed by atoms with van der Waals surface area (Å²) in [5.41, 5.74) is -0.324. The van der Waals surface area contributed by atoms with Crippen LogP contribution in [0.1, 0.15) is 19.4 Å². The second-order valence-electron chi connectivity index (χ2n) is 3.93. The SMILES string of the molecule is CC(C)(CO)/N=C/c1cc(F)ccc1O. The molecule has 1 rings (SSSR count). The Bertz CT molecular complexity index is 375. The molecule has 0 aliphatic heterocycles. The van der Waals surface area contributed by atoms with Crippen LogP contribution in [0.2, 0.25) is 0 Å². The maximum Gasteiger partial charge on any atom is 0.124 e. The molecule has 0 bridgehead atoms. The van der Waals surface area contributed by atoms with Crippen molar-refractivity contribution in [3.63, 3.8) is 0 Å². The smallest absolute Gasteiger partial charge is 0.124 e. The number of hydrogen-bond acceptors (Lipinski definition) is 3. The minimum atomic E-state index is -0.626. The average Bonchev–Trinajstić information content (AvgIpc) is 2.20. The minimum absolute atomic E-state index is 0.0334. The van der Waals surface area contributed by atoms with Gasteiger partial charge in [0, 0.05) is 11.8 Å². The van der Waals surface area contributed by atoms with E-state index in [-0.39, 0.29) is 12.4 Å². The summed E-state index contributed by atoms with van der Waals surface area (Å²) in [6.07, 6.45) is 1.36. The van der Waals surface area contributed by atoms with Crippen molar-refractivity contribution < 1.29 is 14.6 Å². The summed E-state index contributed by atoms with van der Waals surface area (Å²) in [6.45, 7) is 3.36. The van der Waals surface area contributed by atoms with E-state index in [1.165, 1.54) is 24.4 Å².